The monoisotopic (exact) mass is 461 g/mol. The number of oxazole rings is 1. The number of phenols is 1. The third-order valence-electron chi connectivity index (χ3n) is 4.89. The van der Waals surface area contributed by atoms with Gasteiger partial charge in [-0.05, 0) is 67.2 Å². The van der Waals surface area contributed by atoms with Gasteiger partial charge in [-0.15, -0.1) is 0 Å². The number of rotatable bonds is 7. The number of anilines is 1. The van der Waals surface area contributed by atoms with Crippen LogP contribution < -0.4 is 15.4 Å². The number of phenolic OH excluding ortho intramolecular Hbond substituents is 1. The van der Waals surface area contributed by atoms with E-state index < -0.39 is 0 Å². The second-order valence-corrected chi connectivity index (χ2v) is 7.76. The van der Waals surface area contributed by atoms with Crippen molar-refractivity contribution in [3.05, 3.63) is 72.3 Å². The summed E-state index contributed by atoms with van der Waals surface area (Å²) in [7, 11) is 0. The highest BCUT2D eigenvalue weighted by Gasteiger charge is 2.14. The number of hydrogen-bond donors (Lipinski definition) is 3. The molecule has 4 rings (SSSR count). The van der Waals surface area contributed by atoms with Crippen LogP contribution in [0.5, 0.6) is 11.5 Å². The Morgan fingerprint density at radius 3 is 2.64 bits per heavy atom. The summed E-state index contributed by atoms with van der Waals surface area (Å²) in [5, 5.41) is 16.1. The van der Waals surface area contributed by atoms with Gasteiger partial charge < -0.3 is 19.6 Å². The van der Waals surface area contributed by atoms with Crippen LogP contribution in [0.1, 0.15) is 30.1 Å². The summed E-state index contributed by atoms with van der Waals surface area (Å²) in [6.45, 7) is 2.75. The number of fused-ring (bicyclic) bond motifs is 1. The predicted octanol–water partition coefficient (Wildman–Crippen LogP) is 5.51. The SMILES string of the molecule is CCCCOc1ccc(C(=O)NC(=S)Nc2ccc(-c3nc4ccccc4o3)c(O)c2)cc1. The van der Waals surface area contributed by atoms with E-state index in [2.05, 4.69) is 22.5 Å². The standard InChI is InChI=1S/C25H23N3O4S/c1-2-3-14-31-18-11-8-16(9-12-18)23(30)28-25(33)26-17-10-13-19(21(29)15-17)24-27-20-6-4-5-7-22(20)32-24/h4-13,15,29H,2-3,14H2,1H3,(H2,26,28,30,33). The number of para-hydroxylation sites is 2. The molecule has 0 atom stereocenters. The fraction of sp³-hybridized carbons (Fsp3) is 0.160. The van der Waals surface area contributed by atoms with E-state index >= 15 is 0 Å². The second kappa shape index (κ2) is 10.1. The molecule has 3 aromatic carbocycles. The lowest BCUT2D eigenvalue weighted by atomic mass is 10.2. The summed E-state index contributed by atoms with van der Waals surface area (Å²) in [4.78, 5) is 16.9. The third kappa shape index (κ3) is 5.48. The van der Waals surface area contributed by atoms with Gasteiger partial charge in [0.05, 0.1) is 12.2 Å². The number of nitrogens with one attached hydrogen (secondary N) is 2. The maximum atomic E-state index is 12.5. The van der Waals surface area contributed by atoms with Crippen LogP contribution in [0.25, 0.3) is 22.6 Å². The van der Waals surface area contributed by atoms with Crippen LogP contribution in [0, 0.1) is 0 Å². The lowest BCUT2D eigenvalue weighted by Crippen LogP contribution is -2.34. The van der Waals surface area contributed by atoms with E-state index in [4.69, 9.17) is 21.4 Å². The molecule has 0 aliphatic rings. The van der Waals surface area contributed by atoms with Gasteiger partial charge in [0, 0.05) is 17.3 Å². The molecule has 7 nitrogen and oxygen atoms in total. The number of benzene rings is 3. The number of carbonyl (C=O) groups is 1. The van der Waals surface area contributed by atoms with Crippen molar-refractivity contribution < 1.29 is 19.1 Å². The van der Waals surface area contributed by atoms with E-state index in [1.54, 1.807) is 36.4 Å². The van der Waals surface area contributed by atoms with Gasteiger partial charge in [0.15, 0.2) is 10.7 Å². The molecule has 3 N–H and O–H groups in total. The first kappa shape index (κ1) is 22.3. The normalized spacial score (nSPS) is 10.7. The Bertz CT molecular complexity index is 1250. The van der Waals surface area contributed by atoms with Crippen molar-refractivity contribution in [2.45, 2.75) is 19.8 Å². The first-order chi connectivity index (χ1) is 16.0. The number of aromatic hydroxyl groups is 1. The minimum Gasteiger partial charge on any atom is -0.507 e. The maximum absolute atomic E-state index is 12.5. The van der Waals surface area contributed by atoms with Gasteiger partial charge in [-0.3, -0.25) is 10.1 Å². The summed E-state index contributed by atoms with van der Waals surface area (Å²) < 4.78 is 11.3. The number of hydrogen-bond acceptors (Lipinski definition) is 6. The van der Waals surface area contributed by atoms with Crippen LogP contribution in [0.15, 0.2) is 71.1 Å². The van der Waals surface area contributed by atoms with Gasteiger partial charge in [-0.2, -0.15) is 0 Å². The summed E-state index contributed by atoms with van der Waals surface area (Å²) >= 11 is 5.24. The molecule has 1 heterocycles. The van der Waals surface area contributed by atoms with Crippen LogP contribution >= 0.6 is 12.2 Å². The number of thiocarbonyl (C=S) groups is 1. The first-order valence-electron chi connectivity index (χ1n) is 10.6. The molecule has 0 aliphatic carbocycles. The van der Waals surface area contributed by atoms with Crippen molar-refractivity contribution in [3.63, 3.8) is 0 Å². The van der Waals surface area contributed by atoms with Gasteiger partial charge in [-0.1, -0.05) is 25.5 Å². The first-order valence-corrected chi connectivity index (χ1v) is 11.0. The third-order valence-corrected chi connectivity index (χ3v) is 5.09. The molecule has 0 spiro atoms. The fourth-order valence-corrected chi connectivity index (χ4v) is 3.36. The minimum atomic E-state index is -0.347. The predicted molar refractivity (Wildman–Crippen MR) is 132 cm³/mol. The van der Waals surface area contributed by atoms with Crippen LogP contribution in [-0.2, 0) is 0 Å². The molecule has 4 aromatic rings. The van der Waals surface area contributed by atoms with E-state index in [-0.39, 0.29) is 16.8 Å². The average Bonchev–Trinajstić information content (AvgIpc) is 3.23. The van der Waals surface area contributed by atoms with E-state index in [0.717, 1.165) is 18.6 Å². The van der Waals surface area contributed by atoms with Gasteiger partial charge in [0.25, 0.3) is 5.91 Å². The number of ether oxygens (including phenoxy) is 1. The number of nitrogens with zero attached hydrogens (tertiary/aromatic N) is 1. The van der Waals surface area contributed by atoms with Gasteiger partial charge in [-0.25, -0.2) is 4.98 Å². The smallest absolute Gasteiger partial charge is 0.257 e. The van der Waals surface area contributed by atoms with Gasteiger partial charge in [0.2, 0.25) is 5.89 Å². The molecule has 0 unspecified atom stereocenters. The Kier molecular flexibility index (Phi) is 6.85. The van der Waals surface area contributed by atoms with E-state index in [9.17, 15) is 9.90 Å². The zero-order valence-electron chi connectivity index (χ0n) is 18.0. The Labute approximate surface area is 196 Å². The highest BCUT2D eigenvalue weighted by molar-refractivity contribution is 7.80. The average molecular weight is 462 g/mol. The number of unbranched alkanes of at least 4 members (excludes halogenated alkanes) is 1. The molecule has 0 fully saturated rings. The highest BCUT2D eigenvalue weighted by atomic mass is 32.1. The summed E-state index contributed by atoms with van der Waals surface area (Å²) in [5.41, 5.74) is 2.76. The van der Waals surface area contributed by atoms with Crippen molar-refractivity contribution in [2.24, 2.45) is 0 Å². The number of carbonyl (C=O) groups excluding carboxylic acids is 1. The summed E-state index contributed by atoms with van der Waals surface area (Å²) in [5.74, 6) is 0.660. The summed E-state index contributed by atoms with van der Waals surface area (Å²) in [6.07, 6.45) is 2.04. The molecule has 1 amide bonds. The van der Waals surface area contributed by atoms with Crippen LogP contribution in [0.2, 0.25) is 0 Å². The maximum Gasteiger partial charge on any atom is 0.257 e. The second-order valence-electron chi connectivity index (χ2n) is 7.35. The quantitative estimate of drug-likeness (QED) is 0.247. The van der Waals surface area contributed by atoms with Crippen molar-refractivity contribution >= 4 is 40.0 Å². The Balaban J connectivity index is 1.37. The van der Waals surface area contributed by atoms with Crippen LogP contribution in [0.4, 0.5) is 5.69 Å². The Morgan fingerprint density at radius 2 is 1.91 bits per heavy atom. The molecule has 8 heteroatoms. The number of amides is 1. The molecule has 0 saturated heterocycles. The Hall–Kier alpha value is -3.91. The van der Waals surface area contributed by atoms with E-state index in [1.807, 2.05) is 24.3 Å². The van der Waals surface area contributed by atoms with E-state index in [1.165, 1.54) is 6.07 Å². The van der Waals surface area contributed by atoms with Crippen molar-refractivity contribution in [1.82, 2.24) is 10.3 Å². The molecule has 0 saturated carbocycles. The molecular formula is C25H23N3O4S. The van der Waals surface area contributed by atoms with E-state index in [0.29, 0.717) is 40.4 Å². The van der Waals surface area contributed by atoms with Gasteiger partial charge in [0.1, 0.15) is 17.0 Å². The molecule has 168 valence electrons. The number of aromatic nitrogens is 1. The lowest BCUT2D eigenvalue weighted by Gasteiger charge is -2.11. The van der Waals surface area contributed by atoms with Crippen LogP contribution in [-0.4, -0.2) is 27.7 Å². The lowest BCUT2D eigenvalue weighted by molar-refractivity contribution is 0.0977. The zero-order chi connectivity index (χ0) is 23.2. The largest absolute Gasteiger partial charge is 0.507 e. The minimum absolute atomic E-state index is 0.0284. The summed E-state index contributed by atoms with van der Waals surface area (Å²) in [6, 6.07) is 19.1. The van der Waals surface area contributed by atoms with Crippen LogP contribution in [0.3, 0.4) is 0 Å². The molecule has 0 radical (unpaired) electrons. The zero-order valence-corrected chi connectivity index (χ0v) is 18.8. The topological polar surface area (TPSA) is 96.6 Å². The molecule has 1 aromatic heterocycles. The molecule has 33 heavy (non-hydrogen) atoms. The van der Waals surface area contributed by atoms with Crippen molar-refractivity contribution in [3.8, 4) is 23.0 Å². The molecule has 0 aliphatic heterocycles. The van der Waals surface area contributed by atoms with Crippen molar-refractivity contribution in [2.75, 3.05) is 11.9 Å². The van der Waals surface area contributed by atoms with Crippen molar-refractivity contribution in [1.29, 1.82) is 0 Å². The van der Waals surface area contributed by atoms with Gasteiger partial charge >= 0.3 is 0 Å². The molecular weight excluding hydrogens is 438 g/mol. The Morgan fingerprint density at radius 1 is 1.12 bits per heavy atom. The fourth-order valence-electron chi connectivity index (χ4n) is 3.15. The molecule has 0 bridgehead atoms. The highest BCUT2D eigenvalue weighted by Crippen LogP contribution is 2.33.